The fourth-order valence-electron chi connectivity index (χ4n) is 3.01. The van der Waals surface area contributed by atoms with Gasteiger partial charge in [-0.25, -0.2) is 0 Å². The smallest absolute Gasteiger partial charge is 0.152 e. The van der Waals surface area contributed by atoms with Gasteiger partial charge in [-0.15, -0.1) is 0 Å². The SMILES string of the molecule is C[C@@H](N)C(=O)C1CCOC2(CCCC2)C1. The van der Waals surface area contributed by atoms with Gasteiger partial charge in [-0.3, -0.25) is 4.79 Å². The molecule has 1 heterocycles. The van der Waals surface area contributed by atoms with Gasteiger partial charge in [0, 0.05) is 12.5 Å². The van der Waals surface area contributed by atoms with E-state index in [4.69, 9.17) is 10.5 Å². The van der Waals surface area contributed by atoms with Crippen molar-refractivity contribution < 1.29 is 9.53 Å². The Hall–Kier alpha value is -0.410. The molecule has 1 aliphatic carbocycles. The van der Waals surface area contributed by atoms with Crippen LogP contribution in [-0.4, -0.2) is 24.0 Å². The van der Waals surface area contributed by atoms with Crippen LogP contribution in [0.2, 0.25) is 0 Å². The molecule has 0 aromatic heterocycles. The summed E-state index contributed by atoms with van der Waals surface area (Å²) in [5.41, 5.74) is 5.70. The van der Waals surface area contributed by atoms with Crippen LogP contribution in [-0.2, 0) is 9.53 Å². The molecule has 3 heteroatoms. The lowest BCUT2D eigenvalue weighted by Gasteiger charge is -2.38. The molecule has 3 nitrogen and oxygen atoms in total. The van der Waals surface area contributed by atoms with Gasteiger partial charge in [-0.2, -0.15) is 0 Å². The Balaban J connectivity index is 2.00. The van der Waals surface area contributed by atoms with Gasteiger partial charge in [0.15, 0.2) is 5.78 Å². The summed E-state index contributed by atoms with van der Waals surface area (Å²) >= 11 is 0. The Morgan fingerprint density at radius 3 is 2.73 bits per heavy atom. The minimum absolute atomic E-state index is 0.0352. The zero-order valence-electron chi connectivity index (χ0n) is 9.50. The van der Waals surface area contributed by atoms with Crippen molar-refractivity contribution in [2.45, 2.75) is 57.1 Å². The molecule has 1 unspecified atom stereocenters. The quantitative estimate of drug-likeness (QED) is 0.755. The van der Waals surface area contributed by atoms with Crippen LogP contribution >= 0.6 is 0 Å². The highest BCUT2D eigenvalue weighted by Crippen LogP contribution is 2.42. The highest BCUT2D eigenvalue weighted by atomic mass is 16.5. The molecule has 86 valence electrons. The molecular formula is C12H21NO2. The monoisotopic (exact) mass is 211 g/mol. The Labute approximate surface area is 91.4 Å². The van der Waals surface area contributed by atoms with Gasteiger partial charge >= 0.3 is 0 Å². The maximum atomic E-state index is 11.9. The first-order chi connectivity index (χ1) is 7.13. The lowest BCUT2D eigenvalue weighted by molar-refractivity contribution is -0.137. The normalized spacial score (nSPS) is 31.7. The van der Waals surface area contributed by atoms with Crippen LogP contribution in [0.15, 0.2) is 0 Å². The van der Waals surface area contributed by atoms with Gasteiger partial charge < -0.3 is 10.5 Å². The third-order valence-corrected chi connectivity index (χ3v) is 3.86. The number of Topliss-reactive ketones (excluding diaryl/α,β-unsaturated/α-hetero) is 1. The molecule has 2 fully saturated rings. The second-order valence-electron chi connectivity index (χ2n) is 5.12. The number of hydrogen-bond acceptors (Lipinski definition) is 3. The summed E-state index contributed by atoms with van der Waals surface area (Å²) in [4.78, 5) is 11.9. The Bertz CT molecular complexity index is 244. The van der Waals surface area contributed by atoms with Crippen molar-refractivity contribution in [3.05, 3.63) is 0 Å². The molecule has 1 spiro atoms. The van der Waals surface area contributed by atoms with Crippen molar-refractivity contribution in [2.75, 3.05) is 6.61 Å². The largest absolute Gasteiger partial charge is 0.375 e. The molecule has 0 aromatic carbocycles. The zero-order valence-corrected chi connectivity index (χ0v) is 9.50. The first kappa shape index (κ1) is 11.1. The summed E-state index contributed by atoms with van der Waals surface area (Å²) in [6.07, 6.45) is 6.54. The molecular weight excluding hydrogens is 190 g/mol. The third-order valence-electron chi connectivity index (χ3n) is 3.86. The van der Waals surface area contributed by atoms with Crippen LogP contribution in [0.4, 0.5) is 0 Å². The predicted molar refractivity (Wildman–Crippen MR) is 58.5 cm³/mol. The molecule has 0 bridgehead atoms. The van der Waals surface area contributed by atoms with E-state index >= 15 is 0 Å². The van der Waals surface area contributed by atoms with Crippen LogP contribution in [0.1, 0.15) is 45.4 Å². The van der Waals surface area contributed by atoms with E-state index < -0.39 is 0 Å². The summed E-state index contributed by atoms with van der Waals surface area (Å²) in [5, 5.41) is 0. The Morgan fingerprint density at radius 1 is 1.47 bits per heavy atom. The fraction of sp³-hybridized carbons (Fsp3) is 0.917. The third kappa shape index (κ3) is 2.23. The highest BCUT2D eigenvalue weighted by molar-refractivity contribution is 5.85. The topological polar surface area (TPSA) is 52.3 Å². The summed E-state index contributed by atoms with van der Waals surface area (Å²) in [5.74, 6) is 0.376. The van der Waals surface area contributed by atoms with E-state index in [1.165, 1.54) is 12.8 Å². The molecule has 0 amide bonds. The van der Waals surface area contributed by atoms with Gasteiger partial charge in [0.25, 0.3) is 0 Å². The molecule has 2 N–H and O–H groups in total. The van der Waals surface area contributed by atoms with Crippen LogP contribution < -0.4 is 5.73 Å². The molecule has 0 aromatic rings. The van der Waals surface area contributed by atoms with E-state index in [1.807, 2.05) is 0 Å². The lowest BCUT2D eigenvalue weighted by atomic mass is 9.81. The van der Waals surface area contributed by atoms with E-state index in [0.717, 1.165) is 32.3 Å². The van der Waals surface area contributed by atoms with Gasteiger partial charge in [0.1, 0.15) is 0 Å². The summed E-state index contributed by atoms with van der Waals surface area (Å²) in [6.45, 7) is 2.53. The van der Waals surface area contributed by atoms with Gasteiger partial charge in [-0.05, 0) is 32.6 Å². The molecule has 2 aliphatic rings. The van der Waals surface area contributed by atoms with Gasteiger partial charge in [-0.1, -0.05) is 12.8 Å². The van der Waals surface area contributed by atoms with Crippen molar-refractivity contribution in [2.24, 2.45) is 11.7 Å². The van der Waals surface area contributed by atoms with Crippen LogP contribution in [0.3, 0.4) is 0 Å². The molecule has 1 saturated carbocycles. The first-order valence-corrected chi connectivity index (χ1v) is 6.06. The number of rotatable bonds is 2. The first-order valence-electron chi connectivity index (χ1n) is 6.06. The molecule has 0 radical (unpaired) electrons. The summed E-state index contributed by atoms with van der Waals surface area (Å²) in [7, 11) is 0. The van der Waals surface area contributed by atoms with E-state index in [0.29, 0.717) is 0 Å². The predicted octanol–water partition coefficient (Wildman–Crippen LogP) is 1.64. The number of nitrogens with two attached hydrogens (primary N) is 1. The average Bonchev–Trinajstić information content (AvgIpc) is 2.65. The molecule has 2 rings (SSSR count). The van der Waals surface area contributed by atoms with Gasteiger partial charge in [0.05, 0.1) is 11.6 Å². The maximum absolute atomic E-state index is 11.9. The Kier molecular flexibility index (Phi) is 3.12. The van der Waals surface area contributed by atoms with Crippen molar-refractivity contribution in [1.82, 2.24) is 0 Å². The number of hydrogen-bond donors (Lipinski definition) is 1. The van der Waals surface area contributed by atoms with Crippen molar-refractivity contribution in [1.29, 1.82) is 0 Å². The number of carbonyl (C=O) groups excluding carboxylic acids is 1. The van der Waals surface area contributed by atoms with E-state index in [1.54, 1.807) is 6.92 Å². The second kappa shape index (κ2) is 4.22. The number of ether oxygens (including phenoxy) is 1. The Morgan fingerprint density at radius 2 is 2.13 bits per heavy atom. The summed E-state index contributed by atoms with van der Waals surface area (Å²) in [6, 6.07) is -0.313. The highest BCUT2D eigenvalue weighted by Gasteiger charge is 2.42. The molecule has 15 heavy (non-hydrogen) atoms. The fourth-order valence-corrected chi connectivity index (χ4v) is 3.01. The standard InChI is InChI=1S/C12H21NO2/c1-9(13)11(14)10-4-7-15-12(8-10)5-2-3-6-12/h9-10H,2-8,13H2,1H3/t9-,10?/m1/s1. The van der Waals surface area contributed by atoms with Crippen LogP contribution in [0.5, 0.6) is 0 Å². The maximum Gasteiger partial charge on any atom is 0.152 e. The van der Waals surface area contributed by atoms with Crippen LogP contribution in [0, 0.1) is 5.92 Å². The average molecular weight is 211 g/mol. The van der Waals surface area contributed by atoms with Gasteiger partial charge in [0.2, 0.25) is 0 Å². The minimum Gasteiger partial charge on any atom is -0.375 e. The van der Waals surface area contributed by atoms with E-state index in [-0.39, 0.29) is 23.3 Å². The van der Waals surface area contributed by atoms with Crippen molar-refractivity contribution in [3.63, 3.8) is 0 Å². The number of carbonyl (C=O) groups is 1. The molecule has 1 aliphatic heterocycles. The molecule has 2 atom stereocenters. The van der Waals surface area contributed by atoms with E-state index in [2.05, 4.69) is 0 Å². The van der Waals surface area contributed by atoms with Crippen LogP contribution in [0.25, 0.3) is 0 Å². The van der Waals surface area contributed by atoms with Crippen molar-refractivity contribution >= 4 is 5.78 Å². The number of ketones is 1. The minimum atomic E-state index is -0.313. The lowest BCUT2D eigenvalue weighted by Crippen LogP contribution is -2.43. The van der Waals surface area contributed by atoms with E-state index in [9.17, 15) is 4.79 Å². The van der Waals surface area contributed by atoms with Crippen molar-refractivity contribution in [3.8, 4) is 0 Å². The zero-order chi connectivity index (χ0) is 10.9. The second-order valence-corrected chi connectivity index (χ2v) is 5.12. The molecule has 1 saturated heterocycles. The summed E-state index contributed by atoms with van der Waals surface area (Å²) < 4.78 is 5.89.